The Morgan fingerprint density at radius 1 is 1.85 bits per heavy atom. The normalized spacial score (nSPS) is 12.5. The lowest BCUT2D eigenvalue weighted by Crippen LogP contribution is -2.33. The molecule has 2 N–H and O–H groups in total. The minimum atomic E-state index is -0.541. The van der Waals surface area contributed by atoms with E-state index in [0.717, 1.165) is 0 Å². The highest BCUT2D eigenvalue weighted by atomic mass is 16.3. The van der Waals surface area contributed by atoms with Crippen LogP contribution in [0.2, 0.25) is 0 Å². The van der Waals surface area contributed by atoms with Gasteiger partial charge < -0.3 is 10.0 Å². The first-order chi connectivity index (χ1) is 6.11. The van der Waals surface area contributed by atoms with Gasteiger partial charge in [0.1, 0.15) is 0 Å². The second-order valence-corrected chi connectivity index (χ2v) is 2.89. The zero-order valence-corrected chi connectivity index (χ0v) is 7.56. The first-order valence-corrected chi connectivity index (χ1v) is 3.90. The van der Waals surface area contributed by atoms with E-state index in [-0.39, 0.29) is 18.1 Å². The largest absolute Gasteiger partial charge is 0.392 e. The Hall–Kier alpha value is -1.43. The Kier molecular flexibility index (Phi) is 2.97. The summed E-state index contributed by atoms with van der Waals surface area (Å²) in [5.74, 6) is -0.255. The van der Waals surface area contributed by atoms with Gasteiger partial charge in [-0.25, -0.2) is 0 Å². The molecule has 1 aromatic rings. The number of H-pyrrole nitrogens is 1. The first kappa shape index (κ1) is 9.66. The van der Waals surface area contributed by atoms with Gasteiger partial charge in [0.05, 0.1) is 12.3 Å². The van der Waals surface area contributed by atoms with Crippen molar-refractivity contribution in [3.63, 3.8) is 0 Å². The molecule has 6 heteroatoms. The number of aromatic amines is 1. The van der Waals surface area contributed by atoms with Gasteiger partial charge in [0, 0.05) is 13.6 Å². The number of hydrogen-bond donors (Lipinski definition) is 2. The smallest absolute Gasteiger partial charge is 0.275 e. The average Bonchev–Trinajstić information content (AvgIpc) is 2.53. The number of carbonyl (C=O) groups excluding carboxylic acids is 1. The molecule has 72 valence electrons. The average molecular weight is 184 g/mol. The molecule has 0 saturated carbocycles. The van der Waals surface area contributed by atoms with E-state index in [1.54, 1.807) is 14.0 Å². The van der Waals surface area contributed by atoms with Crippen LogP contribution in [-0.2, 0) is 0 Å². The van der Waals surface area contributed by atoms with Crippen LogP contribution in [0.1, 0.15) is 17.4 Å². The number of rotatable bonds is 3. The van der Waals surface area contributed by atoms with Gasteiger partial charge in [-0.1, -0.05) is 0 Å². The molecule has 0 aliphatic heterocycles. The zero-order chi connectivity index (χ0) is 9.84. The van der Waals surface area contributed by atoms with E-state index in [2.05, 4.69) is 15.4 Å². The molecule has 1 aromatic heterocycles. The van der Waals surface area contributed by atoms with Crippen molar-refractivity contribution in [1.29, 1.82) is 0 Å². The molecule has 0 bridgehead atoms. The lowest BCUT2D eigenvalue weighted by Gasteiger charge is -2.16. The van der Waals surface area contributed by atoms with Crippen LogP contribution in [0.4, 0.5) is 0 Å². The summed E-state index contributed by atoms with van der Waals surface area (Å²) in [7, 11) is 1.60. The van der Waals surface area contributed by atoms with Crippen LogP contribution in [-0.4, -0.2) is 51.0 Å². The number of nitrogens with zero attached hydrogens (tertiary/aromatic N) is 3. The number of likely N-dealkylation sites (N-methyl/N-ethyl adjacent to an activating group) is 1. The Morgan fingerprint density at radius 2 is 2.54 bits per heavy atom. The lowest BCUT2D eigenvalue weighted by atomic mass is 10.3. The van der Waals surface area contributed by atoms with E-state index < -0.39 is 6.10 Å². The molecule has 1 amide bonds. The van der Waals surface area contributed by atoms with Gasteiger partial charge in [0.2, 0.25) is 0 Å². The maximum atomic E-state index is 11.4. The number of carbonyl (C=O) groups is 1. The Bertz CT molecular complexity index is 270. The van der Waals surface area contributed by atoms with Crippen molar-refractivity contribution in [2.24, 2.45) is 0 Å². The fraction of sp³-hybridized carbons (Fsp3) is 0.571. The van der Waals surface area contributed by atoms with Crippen LogP contribution in [0.3, 0.4) is 0 Å². The molecule has 1 atom stereocenters. The van der Waals surface area contributed by atoms with Crippen molar-refractivity contribution in [2.45, 2.75) is 13.0 Å². The van der Waals surface area contributed by atoms with Gasteiger partial charge in [0.15, 0.2) is 5.69 Å². The third kappa shape index (κ3) is 2.51. The molecule has 0 radical (unpaired) electrons. The van der Waals surface area contributed by atoms with Crippen LogP contribution in [0.5, 0.6) is 0 Å². The molecular weight excluding hydrogens is 172 g/mol. The van der Waals surface area contributed by atoms with Crippen molar-refractivity contribution in [3.8, 4) is 0 Å². The van der Waals surface area contributed by atoms with E-state index in [1.807, 2.05) is 0 Å². The van der Waals surface area contributed by atoms with Crippen molar-refractivity contribution < 1.29 is 9.90 Å². The molecule has 13 heavy (non-hydrogen) atoms. The number of hydrogen-bond acceptors (Lipinski definition) is 4. The predicted molar refractivity (Wildman–Crippen MR) is 45.0 cm³/mol. The molecule has 0 fully saturated rings. The molecule has 0 saturated heterocycles. The second-order valence-electron chi connectivity index (χ2n) is 2.89. The predicted octanol–water partition coefficient (Wildman–Crippen LogP) is -0.743. The summed E-state index contributed by atoms with van der Waals surface area (Å²) in [5, 5.41) is 18.5. The molecule has 0 aliphatic carbocycles. The molecular formula is C7H12N4O2. The van der Waals surface area contributed by atoms with Crippen LogP contribution >= 0.6 is 0 Å². The van der Waals surface area contributed by atoms with E-state index in [0.29, 0.717) is 0 Å². The van der Waals surface area contributed by atoms with Gasteiger partial charge in [-0.05, 0) is 6.92 Å². The summed E-state index contributed by atoms with van der Waals surface area (Å²) in [6, 6.07) is 0. The highest BCUT2D eigenvalue weighted by Gasteiger charge is 2.15. The van der Waals surface area contributed by atoms with Crippen LogP contribution in [0.25, 0.3) is 0 Å². The maximum Gasteiger partial charge on any atom is 0.275 e. The fourth-order valence-corrected chi connectivity index (χ4v) is 0.979. The minimum Gasteiger partial charge on any atom is -0.392 e. The molecule has 0 aliphatic rings. The third-order valence-corrected chi connectivity index (χ3v) is 1.52. The summed E-state index contributed by atoms with van der Waals surface area (Å²) in [6.45, 7) is 1.90. The topological polar surface area (TPSA) is 82.1 Å². The maximum absolute atomic E-state index is 11.4. The van der Waals surface area contributed by atoms with E-state index in [9.17, 15) is 4.79 Å². The quantitative estimate of drug-likeness (QED) is 0.648. The molecule has 6 nitrogen and oxygen atoms in total. The monoisotopic (exact) mass is 184 g/mol. The summed E-state index contributed by atoms with van der Waals surface area (Å²) in [4.78, 5) is 12.8. The van der Waals surface area contributed by atoms with Crippen LogP contribution in [0, 0.1) is 0 Å². The van der Waals surface area contributed by atoms with Crippen molar-refractivity contribution in [2.75, 3.05) is 13.6 Å². The SMILES string of the molecule is CC(O)CN(C)C(=O)c1cn[nH]n1. The fourth-order valence-electron chi connectivity index (χ4n) is 0.979. The van der Waals surface area contributed by atoms with Gasteiger partial charge in [-0.2, -0.15) is 15.4 Å². The molecule has 0 spiro atoms. The van der Waals surface area contributed by atoms with Gasteiger partial charge >= 0.3 is 0 Å². The summed E-state index contributed by atoms with van der Waals surface area (Å²) in [6.07, 6.45) is 0.807. The van der Waals surface area contributed by atoms with Crippen molar-refractivity contribution in [3.05, 3.63) is 11.9 Å². The van der Waals surface area contributed by atoms with Crippen molar-refractivity contribution in [1.82, 2.24) is 20.3 Å². The Balaban J connectivity index is 2.58. The lowest BCUT2D eigenvalue weighted by molar-refractivity contribution is 0.0698. The number of aromatic nitrogens is 3. The highest BCUT2D eigenvalue weighted by molar-refractivity contribution is 5.91. The summed E-state index contributed by atoms with van der Waals surface area (Å²) < 4.78 is 0. The summed E-state index contributed by atoms with van der Waals surface area (Å²) >= 11 is 0. The van der Waals surface area contributed by atoms with Gasteiger partial charge in [0.25, 0.3) is 5.91 Å². The van der Waals surface area contributed by atoms with Crippen LogP contribution in [0.15, 0.2) is 6.20 Å². The highest BCUT2D eigenvalue weighted by Crippen LogP contribution is 1.97. The van der Waals surface area contributed by atoms with Crippen molar-refractivity contribution >= 4 is 5.91 Å². The summed E-state index contributed by atoms with van der Waals surface area (Å²) in [5.41, 5.74) is 0.253. The number of nitrogens with one attached hydrogen (secondary N) is 1. The third-order valence-electron chi connectivity index (χ3n) is 1.52. The second kappa shape index (κ2) is 3.99. The standard InChI is InChI=1S/C7H12N4O2/c1-5(12)4-11(2)7(13)6-3-8-10-9-6/h3,5,12H,4H2,1-2H3,(H,8,9,10). The van der Waals surface area contributed by atoms with E-state index >= 15 is 0 Å². The molecule has 1 unspecified atom stereocenters. The number of amides is 1. The Labute approximate surface area is 75.6 Å². The molecule has 0 aromatic carbocycles. The van der Waals surface area contributed by atoms with Gasteiger partial charge in [-0.3, -0.25) is 4.79 Å². The zero-order valence-electron chi connectivity index (χ0n) is 7.56. The van der Waals surface area contributed by atoms with E-state index in [1.165, 1.54) is 11.1 Å². The Morgan fingerprint density at radius 3 is 3.00 bits per heavy atom. The molecule has 1 rings (SSSR count). The van der Waals surface area contributed by atoms with Crippen LogP contribution < -0.4 is 0 Å². The first-order valence-electron chi connectivity index (χ1n) is 3.90. The van der Waals surface area contributed by atoms with Gasteiger partial charge in [-0.15, -0.1) is 0 Å². The minimum absolute atomic E-state index is 0.253. The number of aliphatic hydroxyl groups excluding tert-OH is 1. The molecule has 1 heterocycles. The number of aliphatic hydroxyl groups is 1. The van der Waals surface area contributed by atoms with E-state index in [4.69, 9.17) is 5.11 Å².